The first-order valence-corrected chi connectivity index (χ1v) is 9.19. The summed E-state index contributed by atoms with van der Waals surface area (Å²) in [6.45, 7) is 4.44. The molecule has 0 spiro atoms. The van der Waals surface area contributed by atoms with E-state index in [0.29, 0.717) is 18.2 Å². The summed E-state index contributed by atoms with van der Waals surface area (Å²) in [5, 5.41) is 17.5. The van der Waals surface area contributed by atoms with Gasteiger partial charge in [-0.3, -0.25) is 0 Å². The van der Waals surface area contributed by atoms with Crippen LogP contribution in [0.25, 0.3) is 0 Å². The van der Waals surface area contributed by atoms with Crippen molar-refractivity contribution < 1.29 is 9.63 Å². The molecule has 1 aromatic carbocycles. The number of aromatic nitrogens is 3. The van der Waals surface area contributed by atoms with Gasteiger partial charge in [0.2, 0.25) is 5.76 Å². The number of aliphatic hydroxyl groups is 1. The van der Waals surface area contributed by atoms with Crippen LogP contribution in [0, 0.1) is 17.8 Å². The lowest BCUT2D eigenvalue weighted by Gasteiger charge is -2.31. The van der Waals surface area contributed by atoms with Crippen LogP contribution in [0.4, 0.5) is 0 Å². The minimum absolute atomic E-state index is 0.304. The van der Waals surface area contributed by atoms with E-state index in [0.717, 1.165) is 42.2 Å². The fourth-order valence-electron chi connectivity index (χ4n) is 3.12. The molecule has 3 aromatic rings. The number of aliphatic hydroxyl groups excluding tert-OH is 1. The van der Waals surface area contributed by atoms with Gasteiger partial charge in [0, 0.05) is 49.5 Å². The molecule has 3 heterocycles. The SMILES string of the molecule is CCc1nccn1Cc1cc(C#Cc2ccc(C(O)C3CNC3)cc2)on1. The van der Waals surface area contributed by atoms with Crippen molar-refractivity contribution in [3.05, 3.63) is 71.1 Å². The summed E-state index contributed by atoms with van der Waals surface area (Å²) < 4.78 is 7.37. The molecule has 1 aliphatic heterocycles. The monoisotopic (exact) mass is 362 g/mol. The van der Waals surface area contributed by atoms with Crippen LogP contribution in [0.15, 0.2) is 47.2 Å². The maximum Gasteiger partial charge on any atom is 0.210 e. The topological polar surface area (TPSA) is 76.1 Å². The van der Waals surface area contributed by atoms with Gasteiger partial charge in [-0.2, -0.15) is 0 Å². The summed E-state index contributed by atoms with van der Waals surface area (Å²) >= 11 is 0. The number of aryl methyl sites for hydroxylation is 1. The van der Waals surface area contributed by atoms with Crippen LogP contribution in [-0.4, -0.2) is 32.9 Å². The second kappa shape index (κ2) is 7.78. The van der Waals surface area contributed by atoms with Crippen molar-refractivity contribution >= 4 is 0 Å². The molecule has 0 saturated carbocycles. The number of hydrogen-bond donors (Lipinski definition) is 2. The van der Waals surface area contributed by atoms with Crippen molar-refractivity contribution in [1.82, 2.24) is 20.0 Å². The number of rotatable bonds is 5. The zero-order valence-corrected chi connectivity index (χ0v) is 15.2. The van der Waals surface area contributed by atoms with Crippen molar-refractivity contribution in [3.63, 3.8) is 0 Å². The van der Waals surface area contributed by atoms with Crippen LogP contribution in [0.3, 0.4) is 0 Å². The standard InChI is InChI=1S/C21H22N4O2/c1-2-20-23-9-10-25(20)14-18-11-19(27-24-18)8-5-15-3-6-16(7-4-15)21(26)17-12-22-13-17/h3-4,6-7,9-11,17,21-22,26H,2,12-14H2,1H3. The third-order valence-corrected chi connectivity index (χ3v) is 4.85. The molecule has 0 amide bonds. The minimum Gasteiger partial charge on any atom is -0.388 e. The average Bonchev–Trinajstić information content (AvgIpc) is 3.28. The minimum atomic E-state index is -0.415. The molecule has 1 saturated heterocycles. The van der Waals surface area contributed by atoms with Crippen LogP contribution < -0.4 is 5.32 Å². The molecule has 0 aliphatic carbocycles. The molecule has 138 valence electrons. The van der Waals surface area contributed by atoms with Crippen molar-refractivity contribution in [2.24, 2.45) is 5.92 Å². The summed E-state index contributed by atoms with van der Waals surface area (Å²) in [7, 11) is 0. The molecule has 27 heavy (non-hydrogen) atoms. The maximum absolute atomic E-state index is 10.3. The molecular formula is C21H22N4O2. The van der Waals surface area contributed by atoms with Gasteiger partial charge >= 0.3 is 0 Å². The number of hydrogen-bond acceptors (Lipinski definition) is 5. The Morgan fingerprint density at radius 2 is 2.11 bits per heavy atom. The highest BCUT2D eigenvalue weighted by Crippen LogP contribution is 2.24. The summed E-state index contributed by atoms with van der Waals surface area (Å²) in [6.07, 6.45) is 4.19. The fraction of sp³-hybridized carbons (Fsp3) is 0.333. The fourth-order valence-corrected chi connectivity index (χ4v) is 3.12. The summed E-state index contributed by atoms with van der Waals surface area (Å²) in [4.78, 5) is 4.31. The van der Waals surface area contributed by atoms with Gasteiger partial charge in [-0.15, -0.1) is 0 Å². The molecule has 1 aliphatic rings. The largest absolute Gasteiger partial charge is 0.388 e. The lowest BCUT2D eigenvalue weighted by Crippen LogP contribution is -2.45. The number of nitrogens with one attached hydrogen (secondary N) is 1. The Labute approximate surface area is 158 Å². The molecule has 1 fully saturated rings. The van der Waals surface area contributed by atoms with E-state index in [9.17, 15) is 5.11 Å². The van der Waals surface area contributed by atoms with Crippen LogP contribution in [-0.2, 0) is 13.0 Å². The molecule has 0 bridgehead atoms. The molecule has 0 radical (unpaired) electrons. The molecule has 2 aromatic heterocycles. The van der Waals surface area contributed by atoms with Gasteiger partial charge in [0.25, 0.3) is 0 Å². The third-order valence-electron chi connectivity index (χ3n) is 4.85. The van der Waals surface area contributed by atoms with E-state index in [1.54, 1.807) is 6.20 Å². The van der Waals surface area contributed by atoms with E-state index in [1.807, 2.05) is 36.5 Å². The number of imidazole rings is 1. The Balaban J connectivity index is 1.41. The second-order valence-corrected chi connectivity index (χ2v) is 6.74. The van der Waals surface area contributed by atoms with Crippen LogP contribution in [0.5, 0.6) is 0 Å². The highest BCUT2D eigenvalue weighted by molar-refractivity contribution is 5.41. The van der Waals surface area contributed by atoms with Crippen molar-refractivity contribution in [1.29, 1.82) is 0 Å². The molecular weight excluding hydrogens is 340 g/mol. The molecule has 1 unspecified atom stereocenters. The predicted octanol–water partition coefficient (Wildman–Crippen LogP) is 2.13. The summed E-state index contributed by atoms with van der Waals surface area (Å²) in [6, 6.07) is 9.57. The van der Waals surface area contributed by atoms with Gasteiger partial charge in [-0.1, -0.05) is 30.1 Å². The van der Waals surface area contributed by atoms with Gasteiger partial charge in [-0.05, 0) is 23.6 Å². The average molecular weight is 362 g/mol. The van der Waals surface area contributed by atoms with E-state index in [4.69, 9.17) is 4.52 Å². The van der Waals surface area contributed by atoms with Crippen LogP contribution in [0.2, 0.25) is 0 Å². The quantitative estimate of drug-likeness (QED) is 0.680. The first kappa shape index (κ1) is 17.5. The third kappa shape index (κ3) is 3.95. The Bertz CT molecular complexity index is 958. The summed E-state index contributed by atoms with van der Waals surface area (Å²) in [5.74, 6) is 7.95. The van der Waals surface area contributed by atoms with E-state index in [1.165, 1.54) is 0 Å². The lowest BCUT2D eigenvalue weighted by atomic mass is 9.91. The zero-order chi connectivity index (χ0) is 18.6. The number of benzene rings is 1. The zero-order valence-electron chi connectivity index (χ0n) is 15.2. The van der Waals surface area contributed by atoms with E-state index < -0.39 is 6.10 Å². The van der Waals surface area contributed by atoms with Crippen LogP contribution in [0.1, 0.15) is 41.4 Å². The maximum atomic E-state index is 10.3. The van der Waals surface area contributed by atoms with Crippen LogP contribution >= 0.6 is 0 Å². The van der Waals surface area contributed by atoms with Gasteiger partial charge in [0.05, 0.1) is 12.6 Å². The Kier molecular flexibility index (Phi) is 5.05. The normalized spacial score (nSPS) is 15.0. The highest BCUT2D eigenvalue weighted by Gasteiger charge is 2.26. The first-order valence-electron chi connectivity index (χ1n) is 9.19. The highest BCUT2D eigenvalue weighted by atomic mass is 16.5. The van der Waals surface area contributed by atoms with Gasteiger partial charge in [0.15, 0.2) is 0 Å². The van der Waals surface area contributed by atoms with Crippen molar-refractivity contribution in [3.8, 4) is 11.8 Å². The van der Waals surface area contributed by atoms with Gasteiger partial charge < -0.3 is 19.5 Å². The van der Waals surface area contributed by atoms with E-state index in [-0.39, 0.29) is 0 Å². The Morgan fingerprint density at radius 3 is 2.81 bits per heavy atom. The van der Waals surface area contributed by atoms with E-state index >= 15 is 0 Å². The predicted molar refractivity (Wildman–Crippen MR) is 101 cm³/mol. The molecule has 6 heteroatoms. The Hall–Kier alpha value is -2.88. The van der Waals surface area contributed by atoms with Crippen molar-refractivity contribution in [2.45, 2.75) is 26.0 Å². The van der Waals surface area contributed by atoms with Gasteiger partial charge in [-0.25, -0.2) is 4.98 Å². The van der Waals surface area contributed by atoms with E-state index in [2.05, 4.69) is 38.8 Å². The Morgan fingerprint density at radius 1 is 1.30 bits per heavy atom. The molecule has 1 atom stereocenters. The second-order valence-electron chi connectivity index (χ2n) is 6.74. The lowest BCUT2D eigenvalue weighted by molar-refractivity contribution is 0.0767. The first-order chi connectivity index (χ1) is 13.2. The molecule has 6 nitrogen and oxygen atoms in total. The molecule has 4 rings (SSSR count). The molecule has 2 N–H and O–H groups in total. The van der Waals surface area contributed by atoms with Crippen molar-refractivity contribution in [2.75, 3.05) is 13.1 Å². The number of nitrogens with zero attached hydrogens (tertiary/aromatic N) is 3. The summed E-state index contributed by atoms with van der Waals surface area (Å²) in [5.41, 5.74) is 2.62. The smallest absolute Gasteiger partial charge is 0.210 e. The van der Waals surface area contributed by atoms with Gasteiger partial charge in [0.1, 0.15) is 11.5 Å².